The summed E-state index contributed by atoms with van der Waals surface area (Å²) in [6.45, 7) is 0.648. The molecule has 2 N–H and O–H groups in total. The summed E-state index contributed by atoms with van der Waals surface area (Å²) in [5, 5.41) is 24.4. The second kappa shape index (κ2) is 4.72. The number of aromatic nitrogens is 1. The van der Waals surface area contributed by atoms with E-state index < -0.39 is 4.92 Å². The van der Waals surface area contributed by atoms with Gasteiger partial charge in [-0.15, -0.1) is 0 Å². The Morgan fingerprint density at radius 3 is 2.80 bits per heavy atom. The molecule has 0 amide bonds. The van der Waals surface area contributed by atoms with Gasteiger partial charge in [-0.2, -0.15) is 0 Å². The van der Waals surface area contributed by atoms with Crippen molar-refractivity contribution in [2.75, 3.05) is 18.5 Å². The van der Waals surface area contributed by atoms with Gasteiger partial charge in [-0.3, -0.25) is 10.1 Å². The predicted molar refractivity (Wildman–Crippen MR) is 75.6 cm³/mol. The lowest BCUT2D eigenvalue weighted by atomic mass is 10.1. The number of anilines is 1. The SMILES string of the molecule is O=[N+]([O-])c1cnc2ccccc2c1NCC1(CO)CC1. The maximum Gasteiger partial charge on any atom is 0.311 e. The number of benzene rings is 1. The van der Waals surface area contributed by atoms with Gasteiger partial charge in [0.25, 0.3) is 0 Å². The molecule has 0 aliphatic heterocycles. The van der Waals surface area contributed by atoms with E-state index in [9.17, 15) is 15.2 Å². The minimum Gasteiger partial charge on any atom is -0.396 e. The van der Waals surface area contributed by atoms with Crippen LogP contribution in [0.15, 0.2) is 30.5 Å². The van der Waals surface area contributed by atoms with Gasteiger partial charge in [-0.25, -0.2) is 4.98 Å². The minimum absolute atomic E-state index is 0.0301. The van der Waals surface area contributed by atoms with Crippen molar-refractivity contribution in [3.05, 3.63) is 40.6 Å². The lowest BCUT2D eigenvalue weighted by Crippen LogP contribution is -2.19. The van der Waals surface area contributed by atoms with Crippen LogP contribution < -0.4 is 5.32 Å². The standard InChI is InChI=1S/C14H15N3O3/c18-9-14(5-6-14)8-16-13-10-3-1-2-4-11(10)15-7-12(13)17(19)20/h1-4,7,18H,5-6,8-9H2,(H,15,16). The molecular weight excluding hydrogens is 258 g/mol. The number of hydrogen-bond acceptors (Lipinski definition) is 5. The van der Waals surface area contributed by atoms with E-state index in [0.29, 0.717) is 12.2 Å². The van der Waals surface area contributed by atoms with Crippen molar-refractivity contribution < 1.29 is 10.0 Å². The van der Waals surface area contributed by atoms with Gasteiger partial charge in [0, 0.05) is 17.3 Å². The van der Waals surface area contributed by atoms with Crippen LogP contribution in [-0.4, -0.2) is 28.2 Å². The predicted octanol–water partition coefficient (Wildman–Crippen LogP) is 2.33. The monoisotopic (exact) mass is 273 g/mol. The molecule has 2 aromatic rings. The van der Waals surface area contributed by atoms with Gasteiger partial charge in [0.05, 0.1) is 17.0 Å². The molecule has 1 aromatic carbocycles. The number of nitrogens with one attached hydrogen (secondary N) is 1. The van der Waals surface area contributed by atoms with Crippen LogP contribution >= 0.6 is 0 Å². The molecule has 0 radical (unpaired) electrons. The normalized spacial score (nSPS) is 16.1. The molecule has 104 valence electrons. The molecule has 1 aliphatic carbocycles. The number of rotatable bonds is 5. The van der Waals surface area contributed by atoms with Gasteiger partial charge in [0.15, 0.2) is 0 Å². The van der Waals surface area contributed by atoms with Gasteiger partial charge >= 0.3 is 5.69 Å². The number of nitrogens with zero attached hydrogens (tertiary/aromatic N) is 2. The van der Waals surface area contributed by atoms with Crippen LogP contribution in [0.1, 0.15) is 12.8 Å². The average molecular weight is 273 g/mol. The molecule has 1 saturated carbocycles. The van der Waals surface area contributed by atoms with E-state index in [1.54, 1.807) is 0 Å². The molecule has 0 saturated heterocycles. The van der Waals surface area contributed by atoms with Crippen LogP contribution in [0.3, 0.4) is 0 Å². The highest BCUT2D eigenvalue weighted by atomic mass is 16.6. The summed E-state index contributed by atoms with van der Waals surface area (Å²) in [4.78, 5) is 14.8. The molecule has 0 bridgehead atoms. The van der Waals surface area contributed by atoms with E-state index in [1.807, 2.05) is 24.3 Å². The number of hydrogen-bond donors (Lipinski definition) is 2. The number of pyridine rings is 1. The summed E-state index contributed by atoms with van der Waals surface area (Å²) < 4.78 is 0. The highest BCUT2D eigenvalue weighted by Gasteiger charge is 2.42. The van der Waals surface area contributed by atoms with Crippen LogP contribution in [0.4, 0.5) is 11.4 Å². The fourth-order valence-corrected chi connectivity index (χ4v) is 2.30. The number of para-hydroxylation sites is 1. The van der Waals surface area contributed by atoms with Crippen LogP contribution in [0.5, 0.6) is 0 Å². The number of aliphatic hydroxyl groups is 1. The Hall–Kier alpha value is -2.21. The third-order valence-corrected chi connectivity index (χ3v) is 3.88. The third kappa shape index (κ3) is 2.18. The van der Waals surface area contributed by atoms with Crippen molar-refractivity contribution in [2.45, 2.75) is 12.8 Å². The van der Waals surface area contributed by atoms with E-state index >= 15 is 0 Å². The zero-order chi connectivity index (χ0) is 14.2. The van der Waals surface area contributed by atoms with Gasteiger partial charge in [-0.1, -0.05) is 18.2 Å². The van der Waals surface area contributed by atoms with E-state index in [4.69, 9.17) is 0 Å². The topological polar surface area (TPSA) is 88.3 Å². The summed E-state index contributed by atoms with van der Waals surface area (Å²) in [6.07, 6.45) is 3.18. The highest BCUT2D eigenvalue weighted by molar-refractivity contribution is 5.95. The molecule has 1 heterocycles. The largest absolute Gasteiger partial charge is 0.396 e. The zero-order valence-corrected chi connectivity index (χ0v) is 10.9. The number of fused-ring (bicyclic) bond motifs is 1. The molecule has 20 heavy (non-hydrogen) atoms. The van der Waals surface area contributed by atoms with Crippen LogP contribution in [0, 0.1) is 15.5 Å². The van der Waals surface area contributed by atoms with Crippen LogP contribution in [-0.2, 0) is 0 Å². The maximum absolute atomic E-state index is 11.2. The summed E-state index contributed by atoms with van der Waals surface area (Å²) >= 11 is 0. The van der Waals surface area contributed by atoms with Gasteiger partial charge < -0.3 is 10.4 Å². The van der Waals surface area contributed by atoms with Crippen LogP contribution in [0.2, 0.25) is 0 Å². The first-order valence-corrected chi connectivity index (χ1v) is 6.52. The summed E-state index contributed by atoms with van der Waals surface area (Å²) in [6, 6.07) is 7.32. The van der Waals surface area contributed by atoms with E-state index in [1.165, 1.54) is 6.20 Å². The maximum atomic E-state index is 11.2. The van der Waals surface area contributed by atoms with Crippen molar-refractivity contribution in [3.8, 4) is 0 Å². The quantitative estimate of drug-likeness (QED) is 0.644. The summed E-state index contributed by atoms with van der Waals surface area (Å²) in [7, 11) is 0. The second-order valence-electron chi connectivity index (χ2n) is 5.30. The second-order valence-corrected chi connectivity index (χ2v) is 5.30. The molecular formula is C14H15N3O3. The molecule has 0 atom stereocenters. The Morgan fingerprint density at radius 1 is 1.40 bits per heavy atom. The first kappa shape index (κ1) is 12.8. The van der Waals surface area contributed by atoms with Crippen molar-refractivity contribution >= 4 is 22.3 Å². The lowest BCUT2D eigenvalue weighted by molar-refractivity contribution is -0.384. The Morgan fingerprint density at radius 2 is 2.15 bits per heavy atom. The molecule has 6 nitrogen and oxygen atoms in total. The first-order chi connectivity index (χ1) is 9.65. The zero-order valence-electron chi connectivity index (χ0n) is 10.9. The highest BCUT2D eigenvalue weighted by Crippen LogP contribution is 2.45. The molecule has 1 aliphatic rings. The average Bonchev–Trinajstić information content (AvgIpc) is 3.25. The summed E-state index contributed by atoms with van der Waals surface area (Å²) in [5.41, 5.74) is 1.06. The van der Waals surface area contributed by atoms with Crippen molar-refractivity contribution in [3.63, 3.8) is 0 Å². The lowest BCUT2D eigenvalue weighted by Gasteiger charge is -2.15. The smallest absolute Gasteiger partial charge is 0.311 e. The number of aliphatic hydroxyl groups excluding tert-OH is 1. The van der Waals surface area contributed by atoms with E-state index in [2.05, 4.69) is 10.3 Å². The van der Waals surface area contributed by atoms with Gasteiger partial charge in [0.2, 0.25) is 0 Å². The molecule has 1 aromatic heterocycles. The fourth-order valence-electron chi connectivity index (χ4n) is 2.30. The molecule has 0 unspecified atom stereocenters. The molecule has 3 rings (SSSR count). The first-order valence-electron chi connectivity index (χ1n) is 6.52. The van der Waals surface area contributed by atoms with Crippen molar-refractivity contribution in [1.29, 1.82) is 0 Å². The number of nitro groups is 1. The summed E-state index contributed by atoms with van der Waals surface area (Å²) in [5.74, 6) is 0. The Kier molecular flexibility index (Phi) is 3.02. The Balaban J connectivity index is 2.01. The van der Waals surface area contributed by atoms with E-state index in [0.717, 1.165) is 23.7 Å². The van der Waals surface area contributed by atoms with Crippen molar-refractivity contribution in [1.82, 2.24) is 4.98 Å². The molecule has 6 heteroatoms. The fraction of sp³-hybridized carbons (Fsp3) is 0.357. The molecule has 1 fully saturated rings. The molecule has 0 spiro atoms. The minimum atomic E-state index is -0.430. The van der Waals surface area contributed by atoms with Gasteiger partial charge in [0.1, 0.15) is 11.9 Å². The van der Waals surface area contributed by atoms with Gasteiger partial charge in [-0.05, 0) is 18.9 Å². The van der Waals surface area contributed by atoms with Crippen LogP contribution in [0.25, 0.3) is 10.9 Å². The Bertz CT molecular complexity index is 668. The third-order valence-electron chi connectivity index (χ3n) is 3.88. The Labute approximate surface area is 115 Å². The van der Waals surface area contributed by atoms with Crippen molar-refractivity contribution in [2.24, 2.45) is 5.41 Å². The van der Waals surface area contributed by atoms with E-state index in [-0.39, 0.29) is 17.7 Å².